The van der Waals surface area contributed by atoms with Gasteiger partial charge < -0.3 is 5.73 Å². The first kappa shape index (κ1) is 13.5. The van der Waals surface area contributed by atoms with E-state index in [4.69, 9.17) is 17.3 Å². The molecule has 0 unspecified atom stereocenters. The first-order chi connectivity index (χ1) is 8.70. The molecular formula is C15H16ClNS. The van der Waals surface area contributed by atoms with Gasteiger partial charge in [0.15, 0.2) is 0 Å². The van der Waals surface area contributed by atoms with Gasteiger partial charge in [-0.3, -0.25) is 0 Å². The van der Waals surface area contributed by atoms with Gasteiger partial charge in [0, 0.05) is 22.2 Å². The van der Waals surface area contributed by atoms with Gasteiger partial charge in [0.2, 0.25) is 0 Å². The lowest BCUT2D eigenvalue weighted by Gasteiger charge is -2.09. The fourth-order valence-electron chi connectivity index (χ4n) is 1.84. The Bertz CT molecular complexity index is 540. The number of thioether (sulfide) groups is 1. The summed E-state index contributed by atoms with van der Waals surface area (Å²) in [4.78, 5) is 1.17. The second-order valence-corrected chi connectivity index (χ2v) is 5.62. The molecule has 94 valence electrons. The highest BCUT2D eigenvalue weighted by molar-refractivity contribution is 7.98. The standard InChI is InChI=1S/C15H16ClNS/c1-11-4-2-5-12(8-11)10-18-15-7-3-6-14(16)13(15)9-17/h2-8H,9-10,17H2,1H3. The summed E-state index contributed by atoms with van der Waals surface area (Å²) in [6, 6.07) is 14.5. The molecule has 0 heterocycles. The van der Waals surface area contributed by atoms with Crippen LogP contribution >= 0.6 is 23.4 Å². The molecule has 2 aromatic rings. The van der Waals surface area contributed by atoms with Crippen molar-refractivity contribution in [2.45, 2.75) is 24.1 Å². The van der Waals surface area contributed by atoms with Crippen molar-refractivity contribution in [1.29, 1.82) is 0 Å². The predicted molar refractivity (Wildman–Crippen MR) is 80.1 cm³/mol. The summed E-state index contributed by atoms with van der Waals surface area (Å²) in [6.45, 7) is 2.59. The van der Waals surface area contributed by atoms with Crippen LogP contribution in [0.3, 0.4) is 0 Å². The molecule has 0 atom stereocenters. The molecular weight excluding hydrogens is 262 g/mol. The molecule has 2 aromatic carbocycles. The van der Waals surface area contributed by atoms with Gasteiger partial charge in [-0.05, 0) is 30.2 Å². The van der Waals surface area contributed by atoms with Crippen LogP contribution in [0.25, 0.3) is 0 Å². The smallest absolute Gasteiger partial charge is 0.0462 e. The van der Waals surface area contributed by atoms with Crippen molar-refractivity contribution < 1.29 is 0 Å². The van der Waals surface area contributed by atoms with E-state index in [9.17, 15) is 0 Å². The van der Waals surface area contributed by atoms with Crippen LogP contribution in [-0.2, 0) is 12.3 Å². The zero-order valence-electron chi connectivity index (χ0n) is 10.3. The summed E-state index contributed by atoms with van der Waals surface area (Å²) in [7, 11) is 0. The number of nitrogens with two attached hydrogens (primary N) is 1. The van der Waals surface area contributed by atoms with E-state index in [-0.39, 0.29) is 0 Å². The Morgan fingerprint density at radius 3 is 2.67 bits per heavy atom. The monoisotopic (exact) mass is 277 g/mol. The van der Waals surface area contributed by atoms with Crippen LogP contribution < -0.4 is 5.73 Å². The molecule has 0 fully saturated rings. The molecule has 0 bridgehead atoms. The van der Waals surface area contributed by atoms with Gasteiger partial charge in [-0.25, -0.2) is 0 Å². The van der Waals surface area contributed by atoms with E-state index < -0.39 is 0 Å². The Morgan fingerprint density at radius 1 is 1.17 bits per heavy atom. The molecule has 0 amide bonds. The van der Waals surface area contributed by atoms with E-state index in [1.165, 1.54) is 16.0 Å². The number of hydrogen-bond acceptors (Lipinski definition) is 2. The van der Waals surface area contributed by atoms with Crippen molar-refractivity contribution in [3.63, 3.8) is 0 Å². The second kappa shape index (κ2) is 6.28. The summed E-state index contributed by atoms with van der Waals surface area (Å²) in [5, 5.41) is 0.756. The number of aryl methyl sites for hydroxylation is 1. The Hall–Kier alpha value is -0.960. The molecule has 0 aromatic heterocycles. The molecule has 0 saturated carbocycles. The van der Waals surface area contributed by atoms with E-state index in [0.29, 0.717) is 6.54 Å². The van der Waals surface area contributed by atoms with E-state index in [2.05, 4.69) is 37.3 Å². The molecule has 0 aliphatic carbocycles. The van der Waals surface area contributed by atoms with Gasteiger partial charge in [0.05, 0.1) is 0 Å². The Balaban J connectivity index is 2.13. The number of benzene rings is 2. The number of rotatable bonds is 4. The van der Waals surface area contributed by atoms with Crippen LogP contribution in [0.2, 0.25) is 5.02 Å². The van der Waals surface area contributed by atoms with Crippen LogP contribution in [0.4, 0.5) is 0 Å². The zero-order chi connectivity index (χ0) is 13.0. The lowest BCUT2D eigenvalue weighted by molar-refractivity contribution is 1.03. The van der Waals surface area contributed by atoms with Gasteiger partial charge in [-0.1, -0.05) is 47.5 Å². The third-order valence-electron chi connectivity index (χ3n) is 2.76. The van der Waals surface area contributed by atoms with Crippen molar-refractivity contribution in [2.75, 3.05) is 0 Å². The maximum absolute atomic E-state index is 6.14. The minimum Gasteiger partial charge on any atom is -0.326 e. The van der Waals surface area contributed by atoms with E-state index in [0.717, 1.165) is 16.3 Å². The lowest BCUT2D eigenvalue weighted by Crippen LogP contribution is -1.99. The van der Waals surface area contributed by atoms with Crippen LogP contribution in [0, 0.1) is 6.92 Å². The minimum absolute atomic E-state index is 0.482. The van der Waals surface area contributed by atoms with Crippen molar-refractivity contribution in [2.24, 2.45) is 5.73 Å². The largest absolute Gasteiger partial charge is 0.326 e. The van der Waals surface area contributed by atoms with Crippen LogP contribution in [0.15, 0.2) is 47.4 Å². The SMILES string of the molecule is Cc1cccc(CSc2cccc(Cl)c2CN)c1. The number of halogens is 1. The second-order valence-electron chi connectivity index (χ2n) is 4.20. The van der Waals surface area contributed by atoms with Gasteiger partial charge >= 0.3 is 0 Å². The highest BCUT2D eigenvalue weighted by Gasteiger charge is 2.06. The molecule has 3 heteroatoms. The molecule has 0 aliphatic rings. The molecule has 0 spiro atoms. The third-order valence-corrected chi connectivity index (χ3v) is 4.28. The molecule has 18 heavy (non-hydrogen) atoms. The Morgan fingerprint density at radius 2 is 1.94 bits per heavy atom. The predicted octanol–water partition coefficient (Wildman–Crippen LogP) is 4.40. The van der Waals surface area contributed by atoms with Gasteiger partial charge in [0.25, 0.3) is 0 Å². The van der Waals surface area contributed by atoms with E-state index >= 15 is 0 Å². The fraction of sp³-hybridized carbons (Fsp3) is 0.200. The quantitative estimate of drug-likeness (QED) is 0.839. The first-order valence-electron chi connectivity index (χ1n) is 5.86. The van der Waals surface area contributed by atoms with Gasteiger partial charge in [-0.2, -0.15) is 0 Å². The maximum Gasteiger partial charge on any atom is 0.0462 e. The van der Waals surface area contributed by atoms with E-state index in [1.54, 1.807) is 11.8 Å². The Kier molecular flexibility index (Phi) is 4.70. The lowest BCUT2D eigenvalue weighted by atomic mass is 10.2. The molecule has 2 rings (SSSR count). The van der Waals surface area contributed by atoms with Crippen molar-refractivity contribution in [3.05, 3.63) is 64.2 Å². The zero-order valence-corrected chi connectivity index (χ0v) is 11.9. The van der Waals surface area contributed by atoms with E-state index in [1.807, 2.05) is 12.1 Å². The molecule has 2 N–H and O–H groups in total. The maximum atomic E-state index is 6.14. The van der Waals surface area contributed by atoms with Gasteiger partial charge in [0.1, 0.15) is 0 Å². The topological polar surface area (TPSA) is 26.0 Å². The molecule has 0 radical (unpaired) electrons. The summed E-state index contributed by atoms with van der Waals surface area (Å²) < 4.78 is 0. The summed E-state index contributed by atoms with van der Waals surface area (Å²) in [5.74, 6) is 0.940. The average molecular weight is 278 g/mol. The van der Waals surface area contributed by atoms with Crippen LogP contribution in [0.1, 0.15) is 16.7 Å². The highest BCUT2D eigenvalue weighted by Crippen LogP contribution is 2.30. The first-order valence-corrected chi connectivity index (χ1v) is 7.23. The normalized spacial score (nSPS) is 10.6. The molecule has 0 saturated heterocycles. The third kappa shape index (κ3) is 3.29. The highest BCUT2D eigenvalue weighted by atomic mass is 35.5. The van der Waals surface area contributed by atoms with Crippen molar-refractivity contribution in [3.8, 4) is 0 Å². The van der Waals surface area contributed by atoms with Crippen LogP contribution in [-0.4, -0.2) is 0 Å². The van der Waals surface area contributed by atoms with Crippen molar-refractivity contribution >= 4 is 23.4 Å². The molecule has 0 aliphatic heterocycles. The summed E-state index contributed by atoms with van der Waals surface area (Å²) in [5.41, 5.74) is 9.40. The van der Waals surface area contributed by atoms with Crippen LogP contribution in [0.5, 0.6) is 0 Å². The van der Waals surface area contributed by atoms with Crippen molar-refractivity contribution in [1.82, 2.24) is 0 Å². The van der Waals surface area contributed by atoms with Gasteiger partial charge in [-0.15, -0.1) is 11.8 Å². The fourth-order valence-corrected chi connectivity index (χ4v) is 3.19. The minimum atomic E-state index is 0.482. The average Bonchev–Trinajstić information content (AvgIpc) is 2.36. The molecule has 1 nitrogen and oxygen atoms in total. The summed E-state index contributed by atoms with van der Waals surface area (Å²) in [6.07, 6.45) is 0. The Labute approximate surface area is 117 Å². The summed E-state index contributed by atoms with van der Waals surface area (Å²) >= 11 is 7.93. The number of hydrogen-bond donors (Lipinski definition) is 1.